The van der Waals surface area contributed by atoms with E-state index in [1.165, 1.54) is 6.33 Å². The van der Waals surface area contributed by atoms with E-state index in [0.717, 1.165) is 5.56 Å². The van der Waals surface area contributed by atoms with Gasteiger partial charge in [-0.2, -0.15) is 0 Å². The Hall–Kier alpha value is -3.77. The summed E-state index contributed by atoms with van der Waals surface area (Å²) in [6.45, 7) is -0.0110. The molecule has 35 heavy (non-hydrogen) atoms. The first-order valence-electron chi connectivity index (χ1n) is 11.4. The van der Waals surface area contributed by atoms with Gasteiger partial charge in [0.1, 0.15) is 12.1 Å². The van der Waals surface area contributed by atoms with Crippen molar-refractivity contribution in [2.75, 3.05) is 13.1 Å². The van der Waals surface area contributed by atoms with Crippen LogP contribution in [-0.2, 0) is 32.0 Å². The van der Waals surface area contributed by atoms with Crippen LogP contribution in [0.1, 0.15) is 30.5 Å². The fourth-order valence-corrected chi connectivity index (χ4v) is 3.35. The van der Waals surface area contributed by atoms with Gasteiger partial charge in [-0.15, -0.1) is 0 Å². The summed E-state index contributed by atoms with van der Waals surface area (Å²) in [4.78, 5) is 55.9. The smallest absolute Gasteiger partial charge is 0.326 e. The number of nitrogens with two attached hydrogens (primary N) is 2. The zero-order valence-electron chi connectivity index (χ0n) is 19.4. The summed E-state index contributed by atoms with van der Waals surface area (Å²) in [5.74, 6) is -2.95. The third kappa shape index (κ3) is 9.94. The van der Waals surface area contributed by atoms with E-state index in [4.69, 9.17) is 11.5 Å². The lowest BCUT2D eigenvalue weighted by atomic mass is 10.1. The predicted octanol–water partition coefficient (Wildman–Crippen LogP) is -1.18. The molecule has 2 rings (SSSR count). The van der Waals surface area contributed by atoms with E-state index in [1.807, 2.05) is 0 Å². The van der Waals surface area contributed by atoms with Gasteiger partial charge in [-0.3, -0.25) is 14.4 Å². The molecule has 1 aromatic carbocycles. The molecule has 0 fully saturated rings. The number of nitrogens with one attached hydrogen (secondary N) is 4. The molecule has 9 N–H and O–H groups in total. The van der Waals surface area contributed by atoms with Crippen molar-refractivity contribution < 1.29 is 24.3 Å². The van der Waals surface area contributed by atoms with Crippen LogP contribution in [0.2, 0.25) is 0 Å². The van der Waals surface area contributed by atoms with Gasteiger partial charge in [0, 0.05) is 24.7 Å². The molecule has 1 heterocycles. The standard InChI is InChI=1S/C23H33N7O5/c24-9-5-4-8-18(30-21(32)17(25)11-16-12-26-14-28-16)22(33)27-13-20(31)29-19(23(34)35)10-15-6-2-1-3-7-15/h1-3,6-7,12,14,17-19H,4-5,8-11,13,24-25H2,(H,26,28)(H,27,33)(H,29,31)(H,30,32)(H,34,35). The number of unbranched alkanes of at least 4 members (excludes halogenated alkanes) is 1. The van der Waals surface area contributed by atoms with E-state index in [9.17, 15) is 24.3 Å². The molecule has 0 bridgehead atoms. The Balaban J connectivity index is 1.90. The van der Waals surface area contributed by atoms with Crippen LogP contribution in [0.3, 0.4) is 0 Å². The molecule has 3 amide bonds. The molecule has 190 valence electrons. The molecule has 0 aliphatic heterocycles. The average molecular weight is 488 g/mol. The molecule has 0 saturated heterocycles. The molecule has 12 nitrogen and oxygen atoms in total. The molecule has 0 radical (unpaired) electrons. The van der Waals surface area contributed by atoms with E-state index >= 15 is 0 Å². The van der Waals surface area contributed by atoms with Gasteiger partial charge in [0.15, 0.2) is 0 Å². The number of benzene rings is 1. The minimum Gasteiger partial charge on any atom is -0.480 e. The number of aliphatic carboxylic acids is 1. The number of rotatable bonds is 15. The van der Waals surface area contributed by atoms with Crippen LogP contribution in [0.4, 0.5) is 0 Å². The number of H-pyrrole nitrogens is 1. The summed E-state index contributed by atoms with van der Waals surface area (Å²) in [7, 11) is 0. The first-order chi connectivity index (χ1) is 16.8. The number of hydrogen-bond acceptors (Lipinski definition) is 7. The number of carboxylic acid groups (broad SMARTS) is 1. The molecule has 0 aliphatic carbocycles. The van der Waals surface area contributed by atoms with Crippen molar-refractivity contribution in [1.29, 1.82) is 0 Å². The first-order valence-corrected chi connectivity index (χ1v) is 11.4. The van der Waals surface area contributed by atoms with E-state index in [0.29, 0.717) is 31.5 Å². The summed E-state index contributed by atoms with van der Waals surface area (Å²) in [5, 5.41) is 16.9. The molecular weight excluding hydrogens is 454 g/mol. The zero-order chi connectivity index (χ0) is 25.6. The number of carbonyl (C=O) groups excluding carboxylic acids is 3. The van der Waals surface area contributed by atoms with Gasteiger partial charge in [0.05, 0.1) is 18.9 Å². The van der Waals surface area contributed by atoms with Crippen molar-refractivity contribution in [3.05, 3.63) is 54.1 Å². The molecule has 0 aliphatic rings. The highest BCUT2D eigenvalue weighted by Crippen LogP contribution is 2.05. The lowest BCUT2D eigenvalue weighted by Crippen LogP contribution is -2.54. The monoisotopic (exact) mass is 487 g/mol. The lowest BCUT2D eigenvalue weighted by molar-refractivity contribution is -0.141. The van der Waals surface area contributed by atoms with Gasteiger partial charge in [-0.25, -0.2) is 9.78 Å². The van der Waals surface area contributed by atoms with Crippen LogP contribution < -0.4 is 27.4 Å². The van der Waals surface area contributed by atoms with E-state index in [1.54, 1.807) is 36.5 Å². The highest BCUT2D eigenvalue weighted by molar-refractivity contribution is 5.92. The van der Waals surface area contributed by atoms with Crippen molar-refractivity contribution in [2.24, 2.45) is 11.5 Å². The molecule has 1 aromatic heterocycles. The van der Waals surface area contributed by atoms with Gasteiger partial charge in [0.25, 0.3) is 0 Å². The SMILES string of the molecule is NCCCCC(NC(=O)C(N)Cc1cnc[nH]1)C(=O)NCC(=O)NC(Cc1ccccc1)C(=O)O. The van der Waals surface area contributed by atoms with Crippen LogP contribution in [-0.4, -0.2) is 70.0 Å². The summed E-state index contributed by atoms with van der Waals surface area (Å²) < 4.78 is 0. The van der Waals surface area contributed by atoms with Crippen molar-refractivity contribution in [2.45, 2.75) is 50.2 Å². The third-order valence-corrected chi connectivity index (χ3v) is 5.25. The minimum atomic E-state index is -1.19. The van der Waals surface area contributed by atoms with Crippen molar-refractivity contribution in [3.8, 4) is 0 Å². The quantitative estimate of drug-likeness (QED) is 0.152. The summed E-state index contributed by atoms with van der Waals surface area (Å²) in [5.41, 5.74) is 12.9. The molecular formula is C23H33N7O5. The number of hydrogen-bond donors (Lipinski definition) is 7. The Morgan fingerprint density at radius 1 is 1.00 bits per heavy atom. The Morgan fingerprint density at radius 3 is 2.37 bits per heavy atom. The van der Waals surface area contributed by atoms with Crippen LogP contribution in [0.15, 0.2) is 42.9 Å². The highest BCUT2D eigenvalue weighted by Gasteiger charge is 2.25. The lowest BCUT2D eigenvalue weighted by Gasteiger charge is -2.21. The van der Waals surface area contributed by atoms with E-state index < -0.39 is 48.4 Å². The fraction of sp³-hybridized carbons (Fsp3) is 0.435. The van der Waals surface area contributed by atoms with Gasteiger partial charge < -0.3 is 37.5 Å². The zero-order valence-corrected chi connectivity index (χ0v) is 19.4. The van der Waals surface area contributed by atoms with Gasteiger partial charge >= 0.3 is 5.97 Å². The Labute approximate surface area is 203 Å². The summed E-state index contributed by atoms with van der Waals surface area (Å²) in [6.07, 6.45) is 4.88. The Morgan fingerprint density at radius 2 is 1.74 bits per heavy atom. The van der Waals surface area contributed by atoms with Crippen LogP contribution in [0, 0.1) is 0 Å². The molecule has 0 saturated carbocycles. The number of imidazole rings is 1. The van der Waals surface area contributed by atoms with Crippen molar-refractivity contribution in [3.63, 3.8) is 0 Å². The van der Waals surface area contributed by atoms with Crippen molar-refractivity contribution >= 4 is 23.7 Å². The average Bonchev–Trinajstić information content (AvgIpc) is 3.35. The second-order valence-corrected chi connectivity index (χ2v) is 8.10. The summed E-state index contributed by atoms with van der Waals surface area (Å²) >= 11 is 0. The van der Waals surface area contributed by atoms with Gasteiger partial charge in [0.2, 0.25) is 17.7 Å². The van der Waals surface area contributed by atoms with E-state index in [2.05, 4.69) is 25.9 Å². The van der Waals surface area contributed by atoms with E-state index in [-0.39, 0.29) is 12.8 Å². The van der Waals surface area contributed by atoms with Gasteiger partial charge in [-0.05, 0) is 31.4 Å². The normalized spacial score (nSPS) is 13.3. The number of aromatic nitrogens is 2. The number of carbonyl (C=O) groups is 4. The maximum Gasteiger partial charge on any atom is 0.326 e. The Bertz CT molecular complexity index is 952. The van der Waals surface area contributed by atoms with Crippen molar-refractivity contribution in [1.82, 2.24) is 25.9 Å². The molecule has 2 aromatic rings. The van der Waals surface area contributed by atoms with Crippen LogP contribution in [0.5, 0.6) is 0 Å². The predicted molar refractivity (Wildman–Crippen MR) is 128 cm³/mol. The number of aromatic amines is 1. The number of nitrogens with zero attached hydrogens (tertiary/aromatic N) is 1. The van der Waals surface area contributed by atoms with Crippen LogP contribution >= 0.6 is 0 Å². The molecule has 3 unspecified atom stereocenters. The third-order valence-electron chi connectivity index (χ3n) is 5.25. The maximum atomic E-state index is 12.7. The van der Waals surface area contributed by atoms with Crippen LogP contribution in [0.25, 0.3) is 0 Å². The number of amides is 3. The largest absolute Gasteiger partial charge is 0.480 e. The maximum absolute atomic E-state index is 12.7. The second kappa shape index (κ2) is 14.5. The minimum absolute atomic E-state index is 0.0991. The second-order valence-electron chi connectivity index (χ2n) is 8.10. The first kappa shape index (κ1) is 27.5. The highest BCUT2D eigenvalue weighted by atomic mass is 16.4. The topological polar surface area (TPSA) is 205 Å². The van der Waals surface area contributed by atoms with Gasteiger partial charge in [-0.1, -0.05) is 30.3 Å². The molecule has 12 heteroatoms. The molecule has 0 spiro atoms. The summed E-state index contributed by atoms with van der Waals surface area (Å²) in [6, 6.07) is 5.90. The number of carboxylic acids is 1. The fourth-order valence-electron chi connectivity index (χ4n) is 3.35. The molecule has 3 atom stereocenters. The Kier molecular flexibility index (Phi) is 11.4.